The second kappa shape index (κ2) is 9.16. The normalized spacial score (nSPS) is 30.9. The molecule has 5 heteroatoms. The van der Waals surface area contributed by atoms with E-state index in [0.29, 0.717) is 6.61 Å². The number of aliphatic hydroxyl groups excluding tert-OH is 1. The molecule has 0 spiro atoms. The summed E-state index contributed by atoms with van der Waals surface area (Å²) in [5.74, 6) is 2.32. The Hall–Kier alpha value is -0.650. The van der Waals surface area contributed by atoms with E-state index in [-0.39, 0.29) is 12.8 Å². The van der Waals surface area contributed by atoms with Crippen molar-refractivity contribution in [2.24, 2.45) is 10.9 Å². The van der Waals surface area contributed by atoms with E-state index in [0.717, 1.165) is 18.5 Å². The first kappa shape index (κ1) is 18.2. The van der Waals surface area contributed by atoms with Crippen molar-refractivity contribution in [3.8, 4) is 0 Å². The quantitative estimate of drug-likeness (QED) is 0.856. The summed E-state index contributed by atoms with van der Waals surface area (Å²) in [5, 5.41) is 8.65. The molecular formula is C19H35N3O2. The molecule has 24 heavy (non-hydrogen) atoms. The third-order valence-corrected chi connectivity index (χ3v) is 5.94. The lowest BCUT2D eigenvalue weighted by Crippen LogP contribution is -2.41. The summed E-state index contributed by atoms with van der Waals surface area (Å²) in [5.41, 5.74) is 0. The Kier molecular flexibility index (Phi) is 6.93. The molecule has 0 aromatic heterocycles. The molecule has 3 heterocycles. The van der Waals surface area contributed by atoms with Gasteiger partial charge in [0, 0.05) is 38.6 Å². The molecule has 1 saturated carbocycles. The van der Waals surface area contributed by atoms with Crippen LogP contribution >= 0.6 is 0 Å². The second-order valence-electron chi connectivity index (χ2n) is 7.67. The van der Waals surface area contributed by atoms with Crippen molar-refractivity contribution in [3.63, 3.8) is 0 Å². The predicted octanol–water partition coefficient (Wildman–Crippen LogP) is 2.49. The first-order valence-electron chi connectivity index (χ1n) is 10.0. The van der Waals surface area contributed by atoms with Crippen LogP contribution < -0.4 is 0 Å². The smallest absolute Gasteiger partial charge is 0.108 e. The van der Waals surface area contributed by atoms with Crippen LogP contribution in [0.25, 0.3) is 0 Å². The van der Waals surface area contributed by atoms with Crippen LogP contribution in [0.1, 0.15) is 58.3 Å². The molecular weight excluding hydrogens is 302 g/mol. The third kappa shape index (κ3) is 4.70. The summed E-state index contributed by atoms with van der Waals surface area (Å²) in [6.07, 6.45) is 11.0. The van der Waals surface area contributed by atoms with Crippen LogP contribution in [0.4, 0.5) is 0 Å². The summed E-state index contributed by atoms with van der Waals surface area (Å²) in [6, 6.07) is 0.763. The van der Waals surface area contributed by atoms with E-state index in [2.05, 4.69) is 21.7 Å². The number of hydrogen-bond donors (Lipinski definition) is 1. The molecule has 3 aliphatic heterocycles. The van der Waals surface area contributed by atoms with Crippen molar-refractivity contribution >= 4 is 5.84 Å². The Balaban J connectivity index is 0.000000143. The average molecular weight is 338 g/mol. The zero-order valence-corrected chi connectivity index (χ0v) is 15.3. The van der Waals surface area contributed by atoms with Gasteiger partial charge in [0.15, 0.2) is 0 Å². The molecule has 0 radical (unpaired) electrons. The van der Waals surface area contributed by atoms with Gasteiger partial charge in [-0.2, -0.15) is 0 Å². The molecule has 5 nitrogen and oxygen atoms in total. The molecule has 1 aliphatic carbocycles. The van der Waals surface area contributed by atoms with Crippen LogP contribution in [0.3, 0.4) is 0 Å². The molecule has 2 bridgehead atoms. The minimum Gasteiger partial charge on any atom is -0.394 e. The summed E-state index contributed by atoms with van der Waals surface area (Å²) in [4.78, 5) is 9.48. The fourth-order valence-corrected chi connectivity index (χ4v) is 4.67. The standard InChI is InChI=1S/C10H19NO2.C9H16N2/c1-8(13-5-4-12)11-7-9-2-3-10(11)6-9;1-2-5-9-10-6-4-8-11(9)7-3-1/h8-10,12H,2-7H2,1H3;1-8H2. The van der Waals surface area contributed by atoms with E-state index in [1.807, 2.05) is 0 Å². The van der Waals surface area contributed by atoms with Crippen molar-refractivity contribution in [1.82, 2.24) is 9.80 Å². The Bertz CT molecular complexity index is 415. The van der Waals surface area contributed by atoms with E-state index in [1.165, 1.54) is 76.8 Å². The molecule has 0 aromatic carbocycles. The zero-order chi connectivity index (χ0) is 16.8. The lowest BCUT2D eigenvalue weighted by Gasteiger charge is -2.32. The molecule has 138 valence electrons. The number of ether oxygens (including phenoxy) is 1. The zero-order valence-electron chi connectivity index (χ0n) is 15.3. The maximum Gasteiger partial charge on any atom is 0.108 e. The van der Waals surface area contributed by atoms with E-state index in [1.54, 1.807) is 0 Å². The number of rotatable bonds is 4. The van der Waals surface area contributed by atoms with E-state index in [4.69, 9.17) is 9.84 Å². The highest BCUT2D eigenvalue weighted by atomic mass is 16.5. The van der Waals surface area contributed by atoms with Gasteiger partial charge in [-0.05, 0) is 51.4 Å². The van der Waals surface area contributed by atoms with Gasteiger partial charge in [-0.25, -0.2) is 0 Å². The molecule has 3 fully saturated rings. The van der Waals surface area contributed by atoms with Gasteiger partial charge >= 0.3 is 0 Å². The fourth-order valence-electron chi connectivity index (χ4n) is 4.67. The fraction of sp³-hybridized carbons (Fsp3) is 0.947. The van der Waals surface area contributed by atoms with Gasteiger partial charge in [0.25, 0.3) is 0 Å². The van der Waals surface area contributed by atoms with Gasteiger partial charge in [-0.15, -0.1) is 0 Å². The van der Waals surface area contributed by atoms with Crippen LogP contribution in [0.2, 0.25) is 0 Å². The Morgan fingerprint density at radius 2 is 2.08 bits per heavy atom. The van der Waals surface area contributed by atoms with Crippen molar-refractivity contribution < 1.29 is 9.84 Å². The van der Waals surface area contributed by atoms with Crippen LogP contribution in [-0.2, 0) is 4.74 Å². The van der Waals surface area contributed by atoms with E-state index in [9.17, 15) is 0 Å². The summed E-state index contributed by atoms with van der Waals surface area (Å²) >= 11 is 0. The van der Waals surface area contributed by atoms with Crippen molar-refractivity contribution in [3.05, 3.63) is 0 Å². The van der Waals surface area contributed by atoms with Crippen LogP contribution in [-0.4, -0.2) is 72.4 Å². The van der Waals surface area contributed by atoms with Gasteiger partial charge in [0.05, 0.1) is 19.0 Å². The van der Waals surface area contributed by atoms with Crippen LogP contribution in [0.15, 0.2) is 4.99 Å². The highest BCUT2D eigenvalue weighted by Gasteiger charge is 2.39. The largest absolute Gasteiger partial charge is 0.394 e. The maximum absolute atomic E-state index is 8.65. The van der Waals surface area contributed by atoms with Crippen molar-refractivity contribution in [2.75, 3.05) is 39.4 Å². The molecule has 3 unspecified atom stereocenters. The Labute approximate surface area is 147 Å². The topological polar surface area (TPSA) is 48.3 Å². The summed E-state index contributed by atoms with van der Waals surface area (Å²) in [7, 11) is 0. The minimum absolute atomic E-state index is 0.131. The van der Waals surface area contributed by atoms with Crippen LogP contribution in [0, 0.1) is 5.92 Å². The number of nitrogens with zero attached hydrogens (tertiary/aromatic N) is 3. The third-order valence-electron chi connectivity index (χ3n) is 5.94. The number of piperidine rings is 1. The number of aliphatic imine (C=N–C) groups is 1. The monoisotopic (exact) mass is 337 g/mol. The SMILES string of the molecule is C1CCC2=NCCCN2CC1.CC(OCCO)N1CC2CCC1C2. The number of likely N-dealkylation sites (tertiary alicyclic amines) is 1. The number of fused-ring (bicyclic) bond motifs is 3. The first-order valence-corrected chi connectivity index (χ1v) is 10.0. The van der Waals surface area contributed by atoms with Crippen molar-refractivity contribution in [1.29, 1.82) is 0 Å². The Morgan fingerprint density at radius 3 is 2.83 bits per heavy atom. The molecule has 3 atom stereocenters. The maximum atomic E-state index is 8.65. The highest BCUT2D eigenvalue weighted by molar-refractivity contribution is 5.83. The molecule has 0 amide bonds. The number of aliphatic hydroxyl groups is 1. The van der Waals surface area contributed by atoms with Crippen molar-refractivity contribution in [2.45, 2.75) is 70.6 Å². The Morgan fingerprint density at radius 1 is 1.21 bits per heavy atom. The van der Waals surface area contributed by atoms with Gasteiger partial charge in [-0.1, -0.05) is 6.42 Å². The van der Waals surface area contributed by atoms with Gasteiger partial charge in [0.1, 0.15) is 6.23 Å². The summed E-state index contributed by atoms with van der Waals surface area (Å²) in [6.45, 7) is 7.50. The summed E-state index contributed by atoms with van der Waals surface area (Å²) < 4.78 is 5.50. The number of hydrogen-bond acceptors (Lipinski definition) is 5. The molecule has 0 aromatic rings. The predicted molar refractivity (Wildman–Crippen MR) is 97.3 cm³/mol. The van der Waals surface area contributed by atoms with Gasteiger partial charge in [-0.3, -0.25) is 9.89 Å². The first-order chi connectivity index (χ1) is 11.8. The average Bonchev–Trinajstić information content (AvgIpc) is 3.17. The molecule has 1 N–H and O–H groups in total. The van der Waals surface area contributed by atoms with E-state index < -0.39 is 0 Å². The minimum atomic E-state index is 0.131. The van der Waals surface area contributed by atoms with Gasteiger partial charge < -0.3 is 14.7 Å². The van der Waals surface area contributed by atoms with Gasteiger partial charge in [0.2, 0.25) is 0 Å². The van der Waals surface area contributed by atoms with E-state index >= 15 is 0 Å². The number of amidine groups is 1. The molecule has 2 saturated heterocycles. The van der Waals surface area contributed by atoms with Crippen LogP contribution in [0.5, 0.6) is 0 Å². The lowest BCUT2D eigenvalue weighted by molar-refractivity contribution is -0.0699. The second-order valence-corrected chi connectivity index (χ2v) is 7.67. The highest BCUT2D eigenvalue weighted by Crippen LogP contribution is 2.38. The molecule has 4 rings (SSSR count). The molecule has 4 aliphatic rings. The lowest BCUT2D eigenvalue weighted by atomic mass is 10.1.